The van der Waals surface area contributed by atoms with E-state index in [0.717, 1.165) is 50.2 Å². The van der Waals surface area contributed by atoms with E-state index in [1.807, 2.05) is 50.2 Å². The van der Waals surface area contributed by atoms with Crippen molar-refractivity contribution in [3.8, 4) is 56.7 Å². The number of benzene rings is 8. The van der Waals surface area contributed by atoms with Gasteiger partial charge in [-0.15, -0.1) is 0 Å². The Kier molecular flexibility index (Phi) is 9.34. The number of aryl methyl sites for hydroxylation is 2. The molecule has 60 heavy (non-hydrogen) atoms. The second-order valence-corrected chi connectivity index (χ2v) is 15.0. The molecule has 0 radical (unpaired) electrons. The van der Waals surface area contributed by atoms with Crippen molar-refractivity contribution >= 4 is 43.6 Å². The minimum Gasteiger partial charge on any atom is -0.309 e. The molecule has 0 aliphatic carbocycles. The highest BCUT2D eigenvalue weighted by Crippen LogP contribution is 2.42. The SMILES string of the molecule is CC.Cc1ccc2c(c1)c1ccccc1n2-c1ccccc1-c1ccc(-c2nc(-c3ccccc3)nc(-c3ccccc3)n2)cc1-n1c2ccccc2c2cc(C)ccc21. The van der Waals surface area contributed by atoms with Gasteiger partial charge in [0.05, 0.1) is 33.4 Å². The molecule has 3 aromatic heterocycles. The van der Waals surface area contributed by atoms with Crippen LogP contribution in [0.4, 0.5) is 0 Å². The second kappa shape index (κ2) is 15.3. The highest BCUT2D eigenvalue weighted by atomic mass is 15.0. The van der Waals surface area contributed by atoms with Gasteiger partial charge in [0.2, 0.25) is 0 Å². The molecule has 0 spiro atoms. The van der Waals surface area contributed by atoms with Crippen molar-refractivity contribution in [2.75, 3.05) is 0 Å². The lowest BCUT2D eigenvalue weighted by Crippen LogP contribution is -2.03. The van der Waals surface area contributed by atoms with Gasteiger partial charge < -0.3 is 9.13 Å². The first-order valence-corrected chi connectivity index (χ1v) is 20.7. The third-order valence-corrected chi connectivity index (χ3v) is 11.3. The number of hydrogen-bond acceptors (Lipinski definition) is 3. The van der Waals surface area contributed by atoms with Gasteiger partial charge in [-0.1, -0.05) is 165 Å². The van der Waals surface area contributed by atoms with Crippen LogP contribution in [-0.2, 0) is 0 Å². The van der Waals surface area contributed by atoms with Crippen molar-refractivity contribution in [2.24, 2.45) is 0 Å². The van der Waals surface area contributed by atoms with Crippen LogP contribution in [0.1, 0.15) is 25.0 Å². The largest absolute Gasteiger partial charge is 0.309 e. The molecule has 5 nitrogen and oxygen atoms in total. The van der Waals surface area contributed by atoms with Crippen LogP contribution in [-0.4, -0.2) is 24.1 Å². The molecule has 0 aliphatic rings. The Morgan fingerprint density at radius 1 is 0.317 bits per heavy atom. The van der Waals surface area contributed by atoms with E-state index in [1.54, 1.807) is 0 Å². The van der Waals surface area contributed by atoms with Crippen LogP contribution in [0.25, 0.3) is 100 Å². The van der Waals surface area contributed by atoms with Crippen LogP contribution in [0.3, 0.4) is 0 Å². The Labute approximate surface area is 349 Å². The molecule has 0 amide bonds. The molecule has 8 aromatic carbocycles. The summed E-state index contributed by atoms with van der Waals surface area (Å²) in [6, 6.07) is 66.8. The third-order valence-electron chi connectivity index (χ3n) is 11.3. The van der Waals surface area contributed by atoms with Crippen molar-refractivity contribution in [1.82, 2.24) is 24.1 Å². The quantitative estimate of drug-likeness (QED) is 0.169. The molecular formula is C55H43N5. The highest BCUT2D eigenvalue weighted by Gasteiger charge is 2.22. The smallest absolute Gasteiger partial charge is 0.164 e. The molecule has 11 rings (SSSR count). The van der Waals surface area contributed by atoms with Crippen molar-refractivity contribution in [3.05, 3.63) is 199 Å². The van der Waals surface area contributed by atoms with Gasteiger partial charge in [-0.2, -0.15) is 0 Å². The van der Waals surface area contributed by atoms with Gasteiger partial charge >= 0.3 is 0 Å². The summed E-state index contributed by atoms with van der Waals surface area (Å²) in [5, 5.41) is 4.91. The lowest BCUT2D eigenvalue weighted by atomic mass is 9.98. The zero-order valence-electron chi connectivity index (χ0n) is 34.1. The maximum atomic E-state index is 5.16. The first kappa shape index (κ1) is 36.7. The summed E-state index contributed by atoms with van der Waals surface area (Å²) in [7, 11) is 0. The molecule has 288 valence electrons. The van der Waals surface area contributed by atoms with Gasteiger partial charge in [-0.25, -0.2) is 15.0 Å². The molecule has 0 N–H and O–H groups in total. The van der Waals surface area contributed by atoms with Crippen molar-refractivity contribution in [1.29, 1.82) is 0 Å². The Bertz CT molecular complexity index is 3300. The molecule has 11 aromatic rings. The normalized spacial score (nSPS) is 11.3. The van der Waals surface area contributed by atoms with Gasteiger partial charge in [0.1, 0.15) is 0 Å². The maximum Gasteiger partial charge on any atom is 0.164 e. The van der Waals surface area contributed by atoms with Crippen molar-refractivity contribution in [2.45, 2.75) is 27.7 Å². The third kappa shape index (κ3) is 6.23. The molecule has 5 heteroatoms. The fourth-order valence-corrected chi connectivity index (χ4v) is 8.61. The summed E-state index contributed by atoms with van der Waals surface area (Å²) in [5.41, 5.74) is 14.2. The number of rotatable bonds is 6. The Balaban J connectivity index is 0.00000213. The zero-order valence-corrected chi connectivity index (χ0v) is 34.1. The van der Waals surface area contributed by atoms with E-state index in [-0.39, 0.29) is 0 Å². The molecule has 0 saturated heterocycles. The Morgan fingerprint density at radius 3 is 1.28 bits per heavy atom. The monoisotopic (exact) mass is 773 g/mol. The van der Waals surface area contributed by atoms with E-state index in [9.17, 15) is 0 Å². The average molecular weight is 774 g/mol. The lowest BCUT2D eigenvalue weighted by molar-refractivity contribution is 1.07. The van der Waals surface area contributed by atoms with E-state index in [4.69, 9.17) is 15.0 Å². The minimum absolute atomic E-state index is 0.614. The molecule has 0 unspecified atom stereocenters. The number of para-hydroxylation sites is 3. The van der Waals surface area contributed by atoms with E-state index < -0.39 is 0 Å². The van der Waals surface area contributed by atoms with E-state index >= 15 is 0 Å². The van der Waals surface area contributed by atoms with Crippen LogP contribution >= 0.6 is 0 Å². The van der Waals surface area contributed by atoms with Crippen LogP contribution in [0.5, 0.6) is 0 Å². The first-order chi connectivity index (χ1) is 29.6. The van der Waals surface area contributed by atoms with Gasteiger partial charge in [0.25, 0.3) is 0 Å². The minimum atomic E-state index is 0.614. The predicted molar refractivity (Wildman–Crippen MR) is 251 cm³/mol. The summed E-state index contributed by atoms with van der Waals surface area (Å²) in [6.07, 6.45) is 0. The van der Waals surface area contributed by atoms with E-state index in [2.05, 4.69) is 175 Å². The lowest BCUT2D eigenvalue weighted by Gasteiger charge is -2.19. The fraction of sp³-hybridized carbons (Fsp3) is 0.0727. The summed E-state index contributed by atoms with van der Waals surface area (Å²) in [5.74, 6) is 1.88. The number of hydrogen-bond donors (Lipinski definition) is 0. The average Bonchev–Trinajstić information content (AvgIpc) is 3.81. The molecule has 0 saturated carbocycles. The molecule has 0 bridgehead atoms. The maximum absolute atomic E-state index is 5.16. The first-order valence-electron chi connectivity index (χ1n) is 20.7. The molecule has 0 atom stereocenters. The summed E-state index contributed by atoms with van der Waals surface area (Å²) < 4.78 is 4.85. The highest BCUT2D eigenvalue weighted by molar-refractivity contribution is 6.11. The fourth-order valence-electron chi connectivity index (χ4n) is 8.61. The predicted octanol–water partition coefficient (Wildman–Crippen LogP) is 14.4. The van der Waals surface area contributed by atoms with E-state index in [0.29, 0.717) is 17.5 Å². The topological polar surface area (TPSA) is 48.5 Å². The molecule has 3 heterocycles. The van der Waals surface area contributed by atoms with Gasteiger partial charge in [-0.3, -0.25) is 0 Å². The number of nitrogens with zero attached hydrogens (tertiary/aromatic N) is 5. The summed E-state index contributed by atoms with van der Waals surface area (Å²) in [6.45, 7) is 8.33. The standard InChI is InChI=1S/C53H37N5.C2H6/c1-34-25-29-48-43(31-34)40-20-10-13-23-46(40)57(48)45-22-12-9-19-39(45)42-28-27-38(33-50(42)58-47-24-14-11-21-41(47)44-32-35(2)26-30-49(44)58)53-55-51(36-15-5-3-6-16-36)54-52(56-53)37-17-7-4-8-18-37;1-2/h3-33H,1-2H3;1-2H3. The van der Waals surface area contributed by atoms with Crippen molar-refractivity contribution < 1.29 is 0 Å². The van der Waals surface area contributed by atoms with Crippen LogP contribution in [0.2, 0.25) is 0 Å². The summed E-state index contributed by atoms with van der Waals surface area (Å²) >= 11 is 0. The number of fused-ring (bicyclic) bond motifs is 6. The zero-order chi connectivity index (χ0) is 40.7. The van der Waals surface area contributed by atoms with Crippen LogP contribution in [0.15, 0.2) is 188 Å². The molecule has 0 fully saturated rings. The Hall–Kier alpha value is -7.63. The van der Waals surface area contributed by atoms with Gasteiger partial charge in [-0.05, 0) is 62.4 Å². The van der Waals surface area contributed by atoms with Crippen LogP contribution < -0.4 is 0 Å². The number of aromatic nitrogens is 5. The van der Waals surface area contributed by atoms with Gasteiger partial charge in [0.15, 0.2) is 17.5 Å². The van der Waals surface area contributed by atoms with Gasteiger partial charge in [0, 0.05) is 49.4 Å². The molecular weight excluding hydrogens is 731 g/mol. The molecule has 0 aliphatic heterocycles. The Morgan fingerprint density at radius 2 is 0.733 bits per heavy atom. The summed E-state index contributed by atoms with van der Waals surface area (Å²) in [4.78, 5) is 15.3. The van der Waals surface area contributed by atoms with Crippen molar-refractivity contribution in [3.63, 3.8) is 0 Å². The van der Waals surface area contributed by atoms with Crippen LogP contribution in [0, 0.1) is 13.8 Å². The van der Waals surface area contributed by atoms with E-state index in [1.165, 1.54) is 43.7 Å². The second-order valence-electron chi connectivity index (χ2n) is 15.0.